The summed E-state index contributed by atoms with van der Waals surface area (Å²) in [6, 6.07) is 11.3. The van der Waals surface area contributed by atoms with Gasteiger partial charge in [0.05, 0.1) is 5.01 Å². The Balaban J connectivity index is 1.60. The molecule has 1 aliphatic rings. The maximum atomic E-state index is 4.37. The zero-order valence-electron chi connectivity index (χ0n) is 12.6. The molecule has 2 heterocycles. The number of aryl methyl sites for hydroxylation is 1. The van der Waals surface area contributed by atoms with E-state index in [1.54, 1.807) is 0 Å². The SMILES string of the molecule is Cc1ncc(CN2CCCNC(Cc3ccccc3)C2)s1. The van der Waals surface area contributed by atoms with E-state index < -0.39 is 0 Å². The van der Waals surface area contributed by atoms with Gasteiger partial charge in [-0.1, -0.05) is 30.3 Å². The summed E-state index contributed by atoms with van der Waals surface area (Å²) >= 11 is 1.82. The standard InChI is InChI=1S/C17H23N3S/c1-14-19-11-17(21-14)13-20-9-5-8-18-16(12-20)10-15-6-3-2-4-7-15/h2-4,6-7,11,16,18H,5,8-10,12-13H2,1H3. The lowest BCUT2D eigenvalue weighted by atomic mass is 10.1. The van der Waals surface area contributed by atoms with Gasteiger partial charge in [-0.3, -0.25) is 4.90 Å². The van der Waals surface area contributed by atoms with Gasteiger partial charge in [0.25, 0.3) is 0 Å². The first-order chi connectivity index (χ1) is 10.3. The molecule has 1 saturated heterocycles. The fourth-order valence-corrected chi connectivity index (χ4v) is 3.79. The van der Waals surface area contributed by atoms with E-state index in [2.05, 4.69) is 52.5 Å². The van der Waals surface area contributed by atoms with Crippen LogP contribution in [0.3, 0.4) is 0 Å². The highest BCUT2D eigenvalue weighted by Gasteiger charge is 2.18. The summed E-state index contributed by atoms with van der Waals surface area (Å²) < 4.78 is 0. The Hall–Kier alpha value is -1.23. The third-order valence-electron chi connectivity index (χ3n) is 3.94. The molecule has 1 unspecified atom stereocenters. The van der Waals surface area contributed by atoms with Gasteiger partial charge in [-0.05, 0) is 38.4 Å². The Labute approximate surface area is 131 Å². The summed E-state index contributed by atoms with van der Waals surface area (Å²) in [5.41, 5.74) is 1.42. The molecule has 0 saturated carbocycles. The zero-order chi connectivity index (χ0) is 14.5. The van der Waals surface area contributed by atoms with Crippen molar-refractivity contribution in [2.45, 2.75) is 32.4 Å². The normalized spacial score (nSPS) is 20.3. The molecule has 4 heteroatoms. The summed E-state index contributed by atoms with van der Waals surface area (Å²) in [6.07, 6.45) is 4.37. The number of nitrogens with one attached hydrogen (secondary N) is 1. The van der Waals surface area contributed by atoms with Crippen LogP contribution in [0.2, 0.25) is 0 Å². The average Bonchev–Trinajstić information content (AvgIpc) is 2.76. The molecule has 0 bridgehead atoms. The van der Waals surface area contributed by atoms with Crippen LogP contribution in [-0.2, 0) is 13.0 Å². The van der Waals surface area contributed by atoms with E-state index in [9.17, 15) is 0 Å². The van der Waals surface area contributed by atoms with Crippen molar-refractivity contribution < 1.29 is 0 Å². The lowest BCUT2D eigenvalue weighted by Crippen LogP contribution is -2.38. The molecule has 0 spiro atoms. The third-order valence-corrected chi connectivity index (χ3v) is 4.83. The van der Waals surface area contributed by atoms with Crippen molar-refractivity contribution in [3.05, 3.63) is 52.0 Å². The predicted octanol–water partition coefficient (Wildman–Crippen LogP) is 2.86. The van der Waals surface area contributed by atoms with Crippen LogP contribution in [0.1, 0.15) is 21.9 Å². The average molecular weight is 301 g/mol. The maximum Gasteiger partial charge on any atom is 0.0897 e. The fraction of sp³-hybridized carbons (Fsp3) is 0.471. The molecule has 0 amide bonds. The van der Waals surface area contributed by atoms with Crippen LogP contribution >= 0.6 is 11.3 Å². The first kappa shape index (κ1) is 14.7. The van der Waals surface area contributed by atoms with Crippen molar-refractivity contribution in [1.29, 1.82) is 0 Å². The second-order valence-corrected chi connectivity index (χ2v) is 7.09. The summed E-state index contributed by atoms with van der Waals surface area (Å²) in [6.45, 7) is 6.53. The van der Waals surface area contributed by atoms with Gasteiger partial charge in [-0.2, -0.15) is 0 Å². The Kier molecular flexibility index (Phi) is 5.01. The Morgan fingerprint density at radius 2 is 2.19 bits per heavy atom. The Bertz CT molecular complexity index is 552. The van der Waals surface area contributed by atoms with E-state index in [-0.39, 0.29) is 0 Å². The maximum absolute atomic E-state index is 4.37. The van der Waals surface area contributed by atoms with Crippen LogP contribution in [0.15, 0.2) is 36.5 Å². The minimum Gasteiger partial charge on any atom is -0.312 e. The lowest BCUT2D eigenvalue weighted by molar-refractivity contribution is 0.261. The van der Waals surface area contributed by atoms with Crippen molar-refractivity contribution >= 4 is 11.3 Å². The van der Waals surface area contributed by atoms with E-state index in [0.29, 0.717) is 6.04 Å². The highest BCUT2D eigenvalue weighted by atomic mass is 32.1. The molecular weight excluding hydrogens is 278 g/mol. The first-order valence-electron chi connectivity index (χ1n) is 7.70. The zero-order valence-corrected chi connectivity index (χ0v) is 13.4. The highest BCUT2D eigenvalue weighted by molar-refractivity contribution is 7.11. The largest absolute Gasteiger partial charge is 0.312 e. The van der Waals surface area contributed by atoms with Gasteiger partial charge < -0.3 is 5.32 Å². The van der Waals surface area contributed by atoms with Gasteiger partial charge in [0.15, 0.2) is 0 Å². The van der Waals surface area contributed by atoms with Crippen molar-refractivity contribution in [2.75, 3.05) is 19.6 Å². The minimum absolute atomic E-state index is 0.545. The van der Waals surface area contributed by atoms with E-state index in [4.69, 9.17) is 0 Å². The highest BCUT2D eigenvalue weighted by Crippen LogP contribution is 2.16. The van der Waals surface area contributed by atoms with Gasteiger partial charge in [0, 0.05) is 30.2 Å². The van der Waals surface area contributed by atoms with Crippen molar-refractivity contribution in [1.82, 2.24) is 15.2 Å². The Morgan fingerprint density at radius 3 is 2.95 bits per heavy atom. The molecule has 1 atom stereocenters. The molecule has 1 aromatic heterocycles. The monoisotopic (exact) mass is 301 g/mol. The van der Waals surface area contributed by atoms with Crippen LogP contribution in [0.25, 0.3) is 0 Å². The van der Waals surface area contributed by atoms with Crippen LogP contribution in [-0.4, -0.2) is 35.6 Å². The Morgan fingerprint density at radius 1 is 1.33 bits per heavy atom. The molecule has 3 nitrogen and oxygen atoms in total. The summed E-state index contributed by atoms with van der Waals surface area (Å²) in [4.78, 5) is 8.32. The second-order valence-electron chi connectivity index (χ2n) is 5.78. The molecule has 0 radical (unpaired) electrons. The van der Waals surface area contributed by atoms with Gasteiger partial charge >= 0.3 is 0 Å². The molecule has 21 heavy (non-hydrogen) atoms. The molecular formula is C17H23N3S. The molecule has 1 aliphatic heterocycles. The molecule has 3 rings (SSSR count). The predicted molar refractivity (Wildman–Crippen MR) is 88.7 cm³/mol. The first-order valence-corrected chi connectivity index (χ1v) is 8.52. The molecule has 1 fully saturated rings. The van der Waals surface area contributed by atoms with Crippen LogP contribution in [0.5, 0.6) is 0 Å². The quantitative estimate of drug-likeness (QED) is 0.941. The number of nitrogens with zero attached hydrogens (tertiary/aromatic N) is 2. The fourth-order valence-electron chi connectivity index (χ4n) is 2.95. The van der Waals surface area contributed by atoms with Gasteiger partial charge in [-0.25, -0.2) is 4.98 Å². The third kappa shape index (κ3) is 4.37. The number of hydrogen-bond donors (Lipinski definition) is 1. The topological polar surface area (TPSA) is 28.2 Å². The molecule has 1 aromatic carbocycles. The smallest absolute Gasteiger partial charge is 0.0897 e. The molecule has 2 aromatic rings. The minimum atomic E-state index is 0.545. The van der Waals surface area contributed by atoms with Gasteiger partial charge in [-0.15, -0.1) is 11.3 Å². The van der Waals surface area contributed by atoms with E-state index >= 15 is 0 Å². The van der Waals surface area contributed by atoms with Crippen LogP contribution < -0.4 is 5.32 Å². The van der Waals surface area contributed by atoms with Crippen LogP contribution in [0, 0.1) is 6.92 Å². The van der Waals surface area contributed by atoms with Gasteiger partial charge in [0.2, 0.25) is 0 Å². The lowest BCUT2D eigenvalue weighted by Gasteiger charge is -2.23. The van der Waals surface area contributed by atoms with E-state index in [1.807, 2.05) is 17.5 Å². The van der Waals surface area contributed by atoms with Crippen molar-refractivity contribution in [3.63, 3.8) is 0 Å². The number of benzene rings is 1. The van der Waals surface area contributed by atoms with Gasteiger partial charge in [0.1, 0.15) is 0 Å². The van der Waals surface area contributed by atoms with Crippen molar-refractivity contribution in [2.24, 2.45) is 0 Å². The number of hydrogen-bond acceptors (Lipinski definition) is 4. The molecule has 0 aliphatic carbocycles. The van der Waals surface area contributed by atoms with E-state index in [0.717, 1.165) is 26.1 Å². The number of thiazole rings is 1. The number of rotatable bonds is 4. The second kappa shape index (κ2) is 7.16. The summed E-state index contributed by atoms with van der Waals surface area (Å²) in [5.74, 6) is 0. The van der Waals surface area contributed by atoms with Crippen molar-refractivity contribution in [3.8, 4) is 0 Å². The van der Waals surface area contributed by atoms with Crippen LogP contribution in [0.4, 0.5) is 0 Å². The molecule has 112 valence electrons. The molecule has 1 N–H and O–H groups in total. The summed E-state index contributed by atoms with van der Waals surface area (Å²) in [5, 5.41) is 4.86. The number of aromatic nitrogens is 1. The van der Waals surface area contributed by atoms with E-state index in [1.165, 1.54) is 28.4 Å². The summed E-state index contributed by atoms with van der Waals surface area (Å²) in [7, 11) is 0.